The van der Waals surface area contributed by atoms with Gasteiger partial charge < -0.3 is 4.90 Å². The van der Waals surface area contributed by atoms with Crippen molar-refractivity contribution in [1.29, 1.82) is 0 Å². The van der Waals surface area contributed by atoms with E-state index in [9.17, 15) is 4.79 Å². The van der Waals surface area contributed by atoms with Crippen LogP contribution in [0.3, 0.4) is 0 Å². The Morgan fingerprint density at radius 2 is 0.932 bits per heavy atom. The molecule has 8 rings (SSSR count). The molecule has 0 unspecified atom stereocenters. The van der Waals surface area contributed by atoms with Crippen molar-refractivity contribution in [1.82, 2.24) is 0 Å². The van der Waals surface area contributed by atoms with Crippen LogP contribution in [0.25, 0.3) is 54.2 Å². The van der Waals surface area contributed by atoms with Crippen molar-refractivity contribution >= 4 is 66.4 Å². The molecule has 0 aromatic heterocycles. The molecule has 0 aliphatic heterocycles. The van der Waals surface area contributed by atoms with Crippen LogP contribution in [-0.2, 0) is 0 Å². The summed E-state index contributed by atoms with van der Waals surface area (Å²) in [5.74, 6) is 0. The largest absolute Gasteiger partial charge is 0.309 e. The van der Waals surface area contributed by atoms with Crippen molar-refractivity contribution in [2.24, 2.45) is 0 Å². The molecule has 0 spiro atoms. The Bertz CT molecular complexity index is 2330. The Balaban J connectivity index is 1.61. The number of para-hydroxylation sites is 2. The number of carbonyl (C=O) groups excluding carboxylic acids is 1. The van der Waals surface area contributed by atoms with Gasteiger partial charge in [-0.2, -0.15) is 0 Å². The van der Waals surface area contributed by atoms with Crippen molar-refractivity contribution in [2.75, 3.05) is 4.90 Å². The van der Waals surface area contributed by atoms with Gasteiger partial charge in [0, 0.05) is 22.2 Å². The number of hydrogen-bond donors (Lipinski definition) is 0. The van der Waals surface area contributed by atoms with E-state index in [1.807, 2.05) is 24.3 Å². The fourth-order valence-corrected chi connectivity index (χ4v) is 6.83. The van der Waals surface area contributed by atoms with Crippen molar-refractivity contribution < 1.29 is 4.79 Å². The van der Waals surface area contributed by atoms with Crippen molar-refractivity contribution in [3.8, 4) is 11.1 Å². The van der Waals surface area contributed by atoms with Gasteiger partial charge in [0.15, 0.2) is 6.29 Å². The normalized spacial score (nSPS) is 11.4. The number of nitrogens with zero attached hydrogens (tertiary/aromatic N) is 1. The van der Waals surface area contributed by atoms with E-state index >= 15 is 0 Å². The third kappa shape index (κ3) is 4.07. The molecule has 2 nitrogen and oxygen atoms in total. The summed E-state index contributed by atoms with van der Waals surface area (Å²) < 4.78 is 0. The Kier molecular flexibility index (Phi) is 6.20. The van der Waals surface area contributed by atoms with Gasteiger partial charge in [-0.25, -0.2) is 0 Å². The molecular weight excluding hydrogens is 534 g/mol. The molecule has 8 aromatic carbocycles. The summed E-state index contributed by atoms with van der Waals surface area (Å²) in [7, 11) is 0. The molecule has 0 amide bonds. The minimum atomic E-state index is 0.644. The van der Waals surface area contributed by atoms with Gasteiger partial charge in [-0.15, -0.1) is 0 Å². The summed E-state index contributed by atoms with van der Waals surface area (Å²) in [4.78, 5) is 14.7. The molecule has 0 fully saturated rings. The lowest BCUT2D eigenvalue weighted by Crippen LogP contribution is -2.14. The number of carbonyl (C=O) groups is 1. The molecule has 0 saturated carbocycles. The van der Waals surface area contributed by atoms with Crippen LogP contribution in [0.1, 0.15) is 15.9 Å². The fraction of sp³-hybridized carbons (Fsp3) is 0.0238. The van der Waals surface area contributed by atoms with Crippen LogP contribution < -0.4 is 4.90 Å². The molecule has 0 radical (unpaired) electrons. The maximum atomic E-state index is 12.5. The Morgan fingerprint density at radius 3 is 1.57 bits per heavy atom. The van der Waals surface area contributed by atoms with E-state index in [0.29, 0.717) is 5.56 Å². The number of fused-ring (bicyclic) bond motifs is 4. The maximum absolute atomic E-state index is 12.5. The molecule has 0 aliphatic rings. The van der Waals surface area contributed by atoms with Crippen LogP contribution in [0, 0.1) is 6.92 Å². The first-order valence-electron chi connectivity index (χ1n) is 15.0. The van der Waals surface area contributed by atoms with Gasteiger partial charge in [-0.05, 0) is 92.2 Å². The van der Waals surface area contributed by atoms with E-state index in [-0.39, 0.29) is 0 Å². The Labute approximate surface area is 256 Å². The third-order valence-electron chi connectivity index (χ3n) is 8.79. The van der Waals surface area contributed by atoms with Gasteiger partial charge >= 0.3 is 0 Å². The lowest BCUT2D eigenvalue weighted by Gasteiger charge is -2.30. The van der Waals surface area contributed by atoms with E-state index in [1.54, 1.807) is 0 Å². The summed E-state index contributed by atoms with van der Waals surface area (Å²) in [6.45, 7) is 2.13. The van der Waals surface area contributed by atoms with Crippen molar-refractivity contribution in [3.05, 3.63) is 163 Å². The Morgan fingerprint density at radius 1 is 0.455 bits per heavy atom. The Hall–Kier alpha value is -5.73. The standard InChI is InChI=1S/C42H29NO/c1-28-13-2-10-22-37(28)43(38-23-11-6-17-33(38)27-44)39-24-12-18-32-26-31-16-5-9-21-36(31)42(40(32)39)41-34-19-7-3-14-29(34)25-30-15-4-8-20-35(30)41/h2-27H,1H3. The van der Waals surface area contributed by atoms with E-state index < -0.39 is 0 Å². The van der Waals surface area contributed by atoms with Gasteiger partial charge in [0.1, 0.15) is 0 Å². The minimum absolute atomic E-state index is 0.644. The zero-order valence-corrected chi connectivity index (χ0v) is 24.4. The molecule has 2 heteroatoms. The van der Waals surface area contributed by atoms with Gasteiger partial charge in [0.05, 0.1) is 11.4 Å². The average molecular weight is 564 g/mol. The molecule has 8 aromatic rings. The second kappa shape index (κ2) is 10.5. The minimum Gasteiger partial charge on any atom is -0.309 e. The first-order chi connectivity index (χ1) is 21.7. The van der Waals surface area contributed by atoms with Gasteiger partial charge in [-0.1, -0.05) is 115 Å². The van der Waals surface area contributed by atoms with Gasteiger partial charge in [-0.3, -0.25) is 4.79 Å². The number of rotatable bonds is 5. The fourth-order valence-electron chi connectivity index (χ4n) is 6.83. The summed E-state index contributed by atoms with van der Waals surface area (Å²) >= 11 is 0. The molecule has 0 bridgehead atoms. The number of anilines is 3. The zero-order chi connectivity index (χ0) is 29.6. The summed E-state index contributed by atoms with van der Waals surface area (Å²) in [6.07, 6.45) is 0.959. The lowest BCUT2D eigenvalue weighted by molar-refractivity contribution is 0.112. The molecule has 44 heavy (non-hydrogen) atoms. The predicted molar refractivity (Wildman–Crippen MR) is 187 cm³/mol. The number of aldehydes is 1. The second-order valence-electron chi connectivity index (χ2n) is 11.3. The molecule has 0 saturated heterocycles. The van der Waals surface area contributed by atoms with Crippen molar-refractivity contribution in [3.63, 3.8) is 0 Å². The van der Waals surface area contributed by atoms with Crippen LogP contribution in [0.15, 0.2) is 152 Å². The number of hydrogen-bond acceptors (Lipinski definition) is 2. The predicted octanol–water partition coefficient (Wildman–Crippen LogP) is 11.6. The highest BCUT2D eigenvalue weighted by Crippen LogP contribution is 2.49. The zero-order valence-electron chi connectivity index (χ0n) is 24.4. The highest BCUT2D eigenvalue weighted by atomic mass is 16.1. The molecule has 0 N–H and O–H groups in total. The summed E-state index contributed by atoms with van der Waals surface area (Å²) in [5, 5.41) is 9.54. The molecule has 0 aliphatic carbocycles. The van der Waals surface area contributed by atoms with Crippen LogP contribution in [-0.4, -0.2) is 6.29 Å². The highest BCUT2D eigenvalue weighted by molar-refractivity contribution is 6.26. The van der Waals surface area contributed by atoms with E-state index in [1.165, 1.54) is 43.4 Å². The van der Waals surface area contributed by atoms with E-state index in [0.717, 1.165) is 39.7 Å². The average Bonchev–Trinajstić information content (AvgIpc) is 3.07. The summed E-state index contributed by atoms with van der Waals surface area (Å²) in [6, 6.07) is 53.5. The van der Waals surface area contributed by atoms with Crippen LogP contribution in [0.4, 0.5) is 17.1 Å². The van der Waals surface area contributed by atoms with Crippen LogP contribution in [0.2, 0.25) is 0 Å². The van der Waals surface area contributed by atoms with Crippen LogP contribution in [0.5, 0.6) is 0 Å². The van der Waals surface area contributed by atoms with Gasteiger partial charge in [0.2, 0.25) is 0 Å². The van der Waals surface area contributed by atoms with E-state index in [2.05, 4.69) is 139 Å². The summed E-state index contributed by atoms with van der Waals surface area (Å²) in [5.41, 5.74) is 7.12. The maximum Gasteiger partial charge on any atom is 0.152 e. The third-order valence-corrected chi connectivity index (χ3v) is 8.79. The molecule has 0 atom stereocenters. The molecular formula is C42H29NO. The SMILES string of the molecule is Cc1ccccc1N(c1ccccc1C=O)c1cccc2cc3ccccc3c(-c3c4ccccc4cc4ccccc34)c12. The second-order valence-corrected chi connectivity index (χ2v) is 11.3. The monoisotopic (exact) mass is 563 g/mol. The smallest absolute Gasteiger partial charge is 0.152 e. The highest BCUT2D eigenvalue weighted by Gasteiger charge is 2.24. The number of aryl methyl sites for hydroxylation is 1. The number of benzene rings is 8. The first-order valence-corrected chi connectivity index (χ1v) is 15.0. The molecule has 208 valence electrons. The lowest BCUT2D eigenvalue weighted by atomic mass is 9.85. The first kappa shape index (κ1) is 25.9. The topological polar surface area (TPSA) is 20.3 Å². The van der Waals surface area contributed by atoms with Gasteiger partial charge in [0.25, 0.3) is 0 Å². The van der Waals surface area contributed by atoms with Crippen LogP contribution >= 0.6 is 0 Å². The molecule has 0 heterocycles. The quantitative estimate of drug-likeness (QED) is 0.153. The van der Waals surface area contributed by atoms with Crippen molar-refractivity contribution in [2.45, 2.75) is 6.92 Å². The van der Waals surface area contributed by atoms with E-state index in [4.69, 9.17) is 0 Å².